The molecule has 0 spiro atoms. The first kappa shape index (κ1) is 26.4. The fraction of sp³-hybridized carbons (Fsp3) is 0.474. The zero-order chi connectivity index (χ0) is 21.1. The molecule has 0 aliphatic carbocycles. The van der Waals surface area contributed by atoms with Gasteiger partial charge in [0.25, 0.3) is 0 Å². The molecule has 0 atom stereocenters. The number of alkyl halides is 3. The molecule has 2 rings (SSSR count). The molecule has 0 radical (unpaired) electrons. The molecule has 0 amide bonds. The molecule has 6 nitrogen and oxygen atoms in total. The quantitative estimate of drug-likeness (QED) is 0.199. The summed E-state index contributed by atoms with van der Waals surface area (Å²) in [6, 6.07) is 7.62. The van der Waals surface area contributed by atoms with Gasteiger partial charge in [-0.2, -0.15) is 13.2 Å². The lowest BCUT2D eigenvalue weighted by Crippen LogP contribution is -2.38. The van der Waals surface area contributed by atoms with Gasteiger partial charge in [-0.3, -0.25) is 0 Å². The van der Waals surface area contributed by atoms with Gasteiger partial charge in [0.2, 0.25) is 0 Å². The minimum atomic E-state index is -4.40. The highest BCUT2D eigenvalue weighted by molar-refractivity contribution is 14.0. The van der Waals surface area contributed by atoms with Crippen LogP contribution in [-0.2, 0) is 23.9 Å². The summed E-state index contributed by atoms with van der Waals surface area (Å²) >= 11 is 1.01. The molecule has 1 aromatic heterocycles. The van der Waals surface area contributed by atoms with Gasteiger partial charge in [-0.15, -0.1) is 35.3 Å². The maximum atomic E-state index is 12.6. The minimum absolute atomic E-state index is 0. The average Bonchev–Trinajstić information content (AvgIpc) is 3.17. The summed E-state index contributed by atoms with van der Waals surface area (Å²) in [7, 11) is 1.62. The third-order valence-corrected chi connectivity index (χ3v) is 4.63. The van der Waals surface area contributed by atoms with Crippen LogP contribution < -0.4 is 15.4 Å². The Kier molecular flexibility index (Phi) is 12.0. The standard InChI is InChI=1S/C19H25F3N4O2S.HI/c1-3-23-18(24-9-8-17-26-16(13-29-17)19(20,21)22)25-12-14-4-6-15(7-5-14)28-11-10-27-2;/h4-7,13H,3,8-12H2,1-2H3,(H2,23,24,25);1H. The van der Waals surface area contributed by atoms with Crippen LogP contribution in [0.4, 0.5) is 13.2 Å². The molecular weight excluding hydrogens is 532 g/mol. The van der Waals surface area contributed by atoms with E-state index in [1.165, 1.54) is 0 Å². The molecule has 0 bridgehead atoms. The third-order valence-electron chi connectivity index (χ3n) is 3.72. The Bertz CT molecular complexity index is 770. The van der Waals surface area contributed by atoms with E-state index in [0.717, 1.165) is 28.0 Å². The van der Waals surface area contributed by atoms with E-state index in [-0.39, 0.29) is 24.0 Å². The summed E-state index contributed by atoms with van der Waals surface area (Å²) in [5.74, 6) is 1.36. The van der Waals surface area contributed by atoms with Gasteiger partial charge in [0.15, 0.2) is 11.7 Å². The highest BCUT2D eigenvalue weighted by atomic mass is 127. The van der Waals surface area contributed by atoms with E-state index < -0.39 is 11.9 Å². The maximum absolute atomic E-state index is 12.6. The van der Waals surface area contributed by atoms with Crippen LogP contribution in [0, 0.1) is 0 Å². The van der Waals surface area contributed by atoms with Crippen LogP contribution in [0.5, 0.6) is 5.75 Å². The van der Waals surface area contributed by atoms with Crippen LogP contribution in [0.3, 0.4) is 0 Å². The van der Waals surface area contributed by atoms with E-state index in [0.29, 0.717) is 50.2 Å². The van der Waals surface area contributed by atoms with Crippen molar-refractivity contribution in [2.45, 2.75) is 26.1 Å². The van der Waals surface area contributed by atoms with Gasteiger partial charge < -0.3 is 20.1 Å². The van der Waals surface area contributed by atoms with Gasteiger partial charge in [-0.1, -0.05) is 12.1 Å². The lowest BCUT2D eigenvalue weighted by molar-refractivity contribution is -0.140. The zero-order valence-corrected chi connectivity index (χ0v) is 19.9. The molecule has 0 aliphatic heterocycles. The van der Waals surface area contributed by atoms with Crippen LogP contribution in [0.1, 0.15) is 23.2 Å². The number of aliphatic imine (C=N–C) groups is 1. The highest BCUT2D eigenvalue weighted by Gasteiger charge is 2.33. The molecule has 2 aromatic rings. The van der Waals surface area contributed by atoms with Crippen molar-refractivity contribution in [3.05, 3.63) is 45.9 Å². The van der Waals surface area contributed by atoms with E-state index in [1.807, 2.05) is 31.2 Å². The molecular formula is C19H26F3IN4O2S. The van der Waals surface area contributed by atoms with E-state index in [2.05, 4.69) is 20.6 Å². The van der Waals surface area contributed by atoms with Gasteiger partial charge in [-0.05, 0) is 24.6 Å². The van der Waals surface area contributed by atoms with Gasteiger partial charge >= 0.3 is 6.18 Å². The number of rotatable bonds is 10. The SMILES string of the molecule is CCNC(=NCc1ccc(OCCOC)cc1)NCCc1nc(C(F)(F)F)cs1.I. The molecule has 2 N–H and O–H groups in total. The summed E-state index contributed by atoms with van der Waals surface area (Å²) < 4.78 is 48.3. The summed E-state index contributed by atoms with van der Waals surface area (Å²) in [6.45, 7) is 4.54. The van der Waals surface area contributed by atoms with Crippen molar-refractivity contribution in [3.8, 4) is 5.75 Å². The van der Waals surface area contributed by atoms with E-state index in [9.17, 15) is 13.2 Å². The second kappa shape index (κ2) is 13.7. The summed E-state index contributed by atoms with van der Waals surface area (Å²) in [6.07, 6.45) is -4.01. The number of halogens is 4. The van der Waals surface area contributed by atoms with Crippen molar-refractivity contribution in [2.75, 3.05) is 33.4 Å². The Balaban J connectivity index is 0.00000450. The van der Waals surface area contributed by atoms with Gasteiger partial charge in [0, 0.05) is 32.0 Å². The number of thiazole rings is 1. The molecule has 0 unspecified atom stereocenters. The first-order chi connectivity index (χ1) is 13.9. The van der Waals surface area contributed by atoms with Crippen LogP contribution in [0.15, 0.2) is 34.6 Å². The van der Waals surface area contributed by atoms with Gasteiger partial charge in [-0.25, -0.2) is 9.98 Å². The Labute approximate surface area is 195 Å². The number of hydrogen-bond acceptors (Lipinski definition) is 5. The highest BCUT2D eigenvalue weighted by Crippen LogP contribution is 2.30. The fourth-order valence-corrected chi connectivity index (χ4v) is 3.09. The average molecular weight is 558 g/mol. The maximum Gasteiger partial charge on any atom is 0.434 e. The minimum Gasteiger partial charge on any atom is -0.491 e. The number of methoxy groups -OCH3 is 1. The molecule has 0 aliphatic rings. The monoisotopic (exact) mass is 558 g/mol. The van der Waals surface area contributed by atoms with Crippen molar-refractivity contribution in [1.29, 1.82) is 0 Å². The van der Waals surface area contributed by atoms with Crippen molar-refractivity contribution >= 4 is 41.3 Å². The van der Waals surface area contributed by atoms with Crippen molar-refractivity contribution in [1.82, 2.24) is 15.6 Å². The Morgan fingerprint density at radius 2 is 1.90 bits per heavy atom. The van der Waals surface area contributed by atoms with Crippen molar-refractivity contribution in [2.24, 2.45) is 4.99 Å². The smallest absolute Gasteiger partial charge is 0.434 e. The number of benzene rings is 1. The number of aromatic nitrogens is 1. The summed E-state index contributed by atoms with van der Waals surface area (Å²) in [5.41, 5.74) is 0.170. The number of hydrogen-bond donors (Lipinski definition) is 2. The number of nitrogens with one attached hydrogen (secondary N) is 2. The molecule has 0 saturated carbocycles. The van der Waals surface area contributed by atoms with E-state index in [4.69, 9.17) is 9.47 Å². The third kappa shape index (κ3) is 9.47. The molecule has 11 heteroatoms. The first-order valence-corrected chi connectivity index (χ1v) is 10.0. The van der Waals surface area contributed by atoms with E-state index in [1.54, 1.807) is 7.11 Å². The summed E-state index contributed by atoms with van der Waals surface area (Å²) in [5, 5.41) is 7.71. The van der Waals surface area contributed by atoms with E-state index >= 15 is 0 Å². The Morgan fingerprint density at radius 3 is 2.50 bits per heavy atom. The molecule has 30 heavy (non-hydrogen) atoms. The Morgan fingerprint density at radius 1 is 1.17 bits per heavy atom. The second-order valence-electron chi connectivity index (χ2n) is 5.98. The summed E-state index contributed by atoms with van der Waals surface area (Å²) in [4.78, 5) is 8.13. The fourth-order valence-electron chi connectivity index (χ4n) is 2.29. The Hall–Kier alpha value is -1.60. The molecule has 168 valence electrons. The van der Waals surface area contributed by atoms with Crippen molar-refractivity contribution < 1.29 is 22.6 Å². The largest absolute Gasteiger partial charge is 0.491 e. The topological polar surface area (TPSA) is 67.8 Å². The van der Waals surface area contributed by atoms with Gasteiger partial charge in [0.05, 0.1) is 18.2 Å². The predicted molar refractivity (Wildman–Crippen MR) is 123 cm³/mol. The van der Waals surface area contributed by atoms with Gasteiger partial charge in [0.1, 0.15) is 12.4 Å². The van der Waals surface area contributed by atoms with Crippen molar-refractivity contribution in [3.63, 3.8) is 0 Å². The van der Waals surface area contributed by atoms with Crippen LogP contribution in [0.2, 0.25) is 0 Å². The lowest BCUT2D eigenvalue weighted by atomic mass is 10.2. The zero-order valence-electron chi connectivity index (χ0n) is 16.8. The molecule has 1 aromatic carbocycles. The van der Waals surface area contributed by atoms with Crippen LogP contribution >= 0.6 is 35.3 Å². The van der Waals surface area contributed by atoms with Crippen LogP contribution in [0.25, 0.3) is 0 Å². The number of ether oxygens (including phenoxy) is 2. The normalized spacial score (nSPS) is 11.7. The number of nitrogens with zero attached hydrogens (tertiary/aromatic N) is 2. The second-order valence-corrected chi connectivity index (χ2v) is 6.92. The first-order valence-electron chi connectivity index (χ1n) is 9.16. The van der Waals surface area contributed by atoms with Crippen LogP contribution in [-0.4, -0.2) is 44.4 Å². The number of guanidine groups is 1. The molecule has 0 fully saturated rings. The predicted octanol–water partition coefficient (Wildman–Crippen LogP) is 4.10. The molecule has 0 saturated heterocycles. The lowest BCUT2D eigenvalue weighted by Gasteiger charge is -2.11. The molecule has 1 heterocycles.